The molecule has 1 atom stereocenters. The molecule has 0 amide bonds. The Bertz CT molecular complexity index is 1300. The molecule has 4 aromatic rings. The number of nitrogens with zero attached hydrogens (tertiary/aromatic N) is 4. The summed E-state index contributed by atoms with van der Waals surface area (Å²) in [6, 6.07) is 15.3. The molecule has 1 aromatic carbocycles. The van der Waals surface area contributed by atoms with Gasteiger partial charge < -0.3 is 4.57 Å². The lowest BCUT2D eigenvalue weighted by Gasteiger charge is -2.35. The molecule has 0 bridgehead atoms. The standard InChI is InChI=1S/C29H32N4/c1-3-5-8-20-32(27-15-9-11-22-12-10-17-31-28(22)27)21-25-29-24(16-18-30-25)23-13-6-7-14-26(23)33(29)19-4-2/h2,6-7,10,12-14,16-18,27H,3,5,8-9,11,15,19-21H2,1H3/t27-/m0/s1. The van der Waals surface area contributed by atoms with Crippen LogP contribution in [0, 0.1) is 12.3 Å². The lowest BCUT2D eigenvalue weighted by atomic mass is 9.90. The smallest absolute Gasteiger partial charge is 0.0841 e. The summed E-state index contributed by atoms with van der Waals surface area (Å²) in [5.74, 6) is 2.86. The van der Waals surface area contributed by atoms with Crippen molar-refractivity contribution in [3.63, 3.8) is 0 Å². The Kier molecular flexibility index (Phi) is 6.41. The number of pyridine rings is 2. The second-order valence-corrected chi connectivity index (χ2v) is 9.09. The van der Waals surface area contributed by atoms with Gasteiger partial charge in [-0.2, -0.15) is 0 Å². The molecule has 4 nitrogen and oxygen atoms in total. The maximum atomic E-state index is 5.79. The lowest BCUT2D eigenvalue weighted by Crippen LogP contribution is -2.33. The second kappa shape index (κ2) is 9.77. The summed E-state index contributed by atoms with van der Waals surface area (Å²) in [4.78, 5) is 12.4. The normalized spacial score (nSPS) is 15.7. The van der Waals surface area contributed by atoms with Gasteiger partial charge in [0.25, 0.3) is 0 Å². The molecule has 0 N–H and O–H groups in total. The van der Waals surface area contributed by atoms with Crippen LogP contribution in [0.2, 0.25) is 0 Å². The second-order valence-electron chi connectivity index (χ2n) is 9.09. The number of aromatic nitrogens is 3. The van der Waals surface area contributed by atoms with Crippen molar-refractivity contribution in [1.82, 2.24) is 19.4 Å². The predicted octanol–water partition coefficient (Wildman–Crippen LogP) is 6.29. The fourth-order valence-corrected chi connectivity index (χ4v) is 5.49. The molecule has 3 aromatic heterocycles. The number of rotatable bonds is 8. The molecule has 33 heavy (non-hydrogen) atoms. The maximum Gasteiger partial charge on any atom is 0.0841 e. The van der Waals surface area contributed by atoms with Gasteiger partial charge in [0.15, 0.2) is 0 Å². The van der Waals surface area contributed by atoms with Crippen molar-refractivity contribution in [2.24, 2.45) is 0 Å². The molecular weight excluding hydrogens is 404 g/mol. The van der Waals surface area contributed by atoms with Crippen molar-refractivity contribution < 1.29 is 0 Å². The van der Waals surface area contributed by atoms with Crippen molar-refractivity contribution in [3.8, 4) is 12.3 Å². The van der Waals surface area contributed by atoms with Gasteiger partial charge in [0.2, 0.25) is 0 Å². The molecule has 0 spiro atoms. The number of aryl methyl sites for hydroxylation is 1. The zero-order valence-corrected chi connectivity index (χ0v) is 19.5. The molecule has 3 heterocycles. The number of unbranched alkanes of at least 4 members (excludes halogenated alkanes) is 2. The summed E-state index contributed by atoms with van der Waals surface area (Å²) < 4.78 is 2.27. The molecule has 5 rings (SSSR count). The molecule has 0 fully saturated rings. The number of hydrogen-bond donors (Lipinski definition) is 0. The summed E-state index contributed by atoms with van der Waals surface area (Å²) in [7, 11) is 0. The average Bonchev–Trinajstić information content (AvgIpc) is 3.18. The highest BCUT2D eigenvalue weighted by molar-refractivity contribution is 6.08. The van der Waals surface area contributed by atoms with E-state index >= 15 is 0 Å². The van der Waals surface area contributed by atoms with Gasteiger partial charge in [-0.1, -0.05) is 50.0 Å². The fourth-order valence-electron chi connectivity index (χ4n) is 5.49. The van der Waals surface area contributed by atoms with Gasteiger partial charge in [-0.15, -0.1) is 6.42 Å². The van der Waals surface area contributed by atoms with Gasteiger partial charge in [-0.05, 0) is 56.0 Å². The van der Waals surface area contributed by atoms with Crippen LogP contribution in [0.25, 0.3) is 21.8 Å². The van der Waals surface area contributed by atoms with Gasteiger partial charge in [-0.25, -0.2) is 0 Å². The Morgan fingerprint density at radius 1 is 1.06 bits per heavy atom. The summed E-state index contributed by atoms with van der Waals surface area (Å²) in [5, 5.41) is 2.48. The first-order chi connectivity index (χ1) is 16.3. The molecule has 1 aliphatic rings. The van der Waals surface area contributed by atoms with Crippen LogP contribution in [-0.4, -0.2) is 26.0 Å². The average molecular weight is 437 g/mol. The first-order valence-electron chi connectivity index (χ1n) is 12.3. The summed E-state index contributed by atoms with van der Waals surface area (Å²) in [6.07, 6.45) is 16.9. The van der Waals surface area contributed by atoms with Crippen molar-refractivity contribution >= 4 is 21.8 Å². The van der Waals surface area contributed by atoms with E-state index in [0.717, 1.165) is 31.6 Å². The number of terminal acetylenes is 1. The molecule has 0 saturated heterocycles. The van der Waals surface area contributed by atoms with Gasteiger partial charge >= 0.3 is 0 Å². The minimum atomic E-state index is 0.342. The third-order valence-electron chi connectivity index (χ3n) is 7.01. The minimum absolute atomic E-state index is 0.342. The van der Waals surface area contributed by atoms with E-state index < -0.39 is 0 Å². The van der Waals surface area contributed by atoms with E-state index in [1.54, 1.807) is 0 Å². The quantitative estimate of drug-likeness (QED) is 0.240. The third-order valence-corrected chi connectivity index (χ3v) is 7.01. The van der Waals surface area contributed by atoms with Crippen molar-refractivity contribution in [2.45, 2.75) is 64.6 Å². The number of para-hydroxylation sites is 1. The van der Waals surface area contributed by atoms with Crippen LogP contribution < -0.4 is 0 Å². The molecule has 1 aliphatic carbocycles. The van der Waals surface area contributed by atoms with E-state index in [4.69, 9.17) is 16.4 Å². The van der Waals surface area contributed by atoms with Crippen LogP contribution in [0.4, 0.5) is 0 Å². The van der Waals surface area contributed by atoms with E-state index in [1.807, 2.05) is 12.4 Å². The van der Waals surface area contributed by atoms with Crippen LogP contribution in [0.15, 0.2) is 54.9 Å². The van der Waals surface area contributed by atoms with Crippen LogP contribution in [0.5, 0.6) is 0 Å². The molecule has 0 radical (unpaired) electrons. The molecule has 0 unspecified atom stereocenters. The summed E-state index contributed by atoms with van der Waals surface area (Å²) in [6.45, 7) is 4.68. The number of benzene rings is 1. The van der Waals surface area contributed by atoms with Crippen LogP contribution in [-0.2, 0) is 19.5 Å². The largest absolute Gasteiger partial charge is 0.327 e. The van der Waals surface area contributed by atoms with E-state index in [9.17, 15) is 0 Å². The lowest BCUT2D eigenvalue weighted by molar-refractivity contribution is 0.161. The Morgan fingerprint density at radius 2 is 1.97 bits per heavy atom. The third kappa shape index (κ3) is 4.14. The molecular formula is C29H32N4. The van der Waals surface area contributed by atoms with Gasteiger partial charge in [-0.3, -0.25) is 14.9 Å². The van der Waals surface area contributed by atoms with E-state index in [0.29, 0.717) is 12.6 Å². The van der Waals surface area contributed by atoms with E-state index in [2.05, 4.69) is 64.8 Å². The first kappa shape index (κ1) is 21.7. The number of hydrogen-bond acceptors (Lipinski definition) is 3. The van der Waals surface area contributed by atoms with Gasteiger partial charge in [0.05, 0.1) is 35.0 Å². The topological polar surface area (TPSA) is 34.0 Å². The SMILES string of the molecule is C#CCn1c2ccccc2c2ccnc(CN(CCCCC)[C@H]3CCCc4cccnc43)c21. The summed E-state index contributed by atoms with van der Waals surface area (Å²) in [5.41, 5.74) is 6.13. The Hall–Kier alpha value is -3.16. The van der Waals surface area contributed by atoms with Crippen molar-refractivity contribution in [1.29, 1.82) is 0 Å². The highest BCUT2D eigenvalue weighted by atomic mass is 15.2. The highest BCUT2D eigenvalue weighted by Crippen LogP contribution is 2.36. The van der Waals surface area contributed by atoms with Crippen molar-refractivity contribution in [3.05, 3.63) is 71.8 Å². The molecule has 4 heteroatoms. The predicted molar refractivity (Wildman–Crippen MR) is 136 cm³/mol. The van der Waals surface area contributed by atoms with Gasteiger partial charge in [0, 0.05) is 29.7 Å². The fraction of sp³-hybridized carbons (Fsp3) is 0.379. The molecule has 0 saturated carbocycles. The minimum Gasteiger partial charge on any atom is -0.327 e. The highest BCUT2D eigenvalue weighted by Gasteiger charge is 2.28. The van der Waals surface area contributed by atoms with Crippen LogP contribution in [0.1, 0.15) is 62.0 Å². The number of fused-ring (bicyclic) bond motifs is 4. The first-order valence-corrected chi connectivity index (χ1v) is 12.3. The molecule has 0 aliphatic heterocycles. The monoisotopic (exact) mass is 436 g/mol. The van der Waals surface area contributed by atoms with E-state index in [1.165, 1.54) is 58.7 Å². The zero-order valence-electron chi connectivity index (χ0n) is 19.5. The Labute approximate surface area is 196 Å². The summed E-state index contributed by atoms with van der Waals surface area (Å²) >= 11 is 0. The van der Waals surface area contributed by atoms with Crippen molar-refractivity contribution in [2.75, 3.05) is 6.54 Å². The van der Waals surface area contributed by atoms with E-state index in [-0.39, 0.29) is 0 Å². The molecule has 168 valence electrons. The zero-order chi connectivity index (χ0) is 22.6. The Balaban J connectivity index is 1.59. The van der Waals surface area contributed by atoms with Crippen LogP contribution in [0.3, 0.4) is 0 Å². The maximum absolute atomic E-state index is 5.79. The van der Waals surface area contributed by atoms with Crippen LogP contribution >= 0.6 is 0 Å². The van der Waals surface area contributed by atoms with Gasteiger partial charge in [0.1, 0.15) is 0 Å². The Morgan fingerprint density at radius 3 is 2.85 bits per heavy atom.